The zero-order chi connectivity index (χ0) is 11.1. The van der Waals surface area contributed by atoms with Crippen molar-refractivity contribution in [2.75, 3.05) is 33.4 Å². The summed E-state index contributed by atoms with van der Waals surface area (Å²) in [6.07, 6.45) is 0.927. The molecule has 1 fully saturated rings. The fourth-order valence-corrected chi connectivity index (χ4v) is 1.56. The van der Waals surface area contributed by atoms with E-state index in [1.54, 1.807) is 0 Å². The lowest BCUT2D eigenvalue weighted by Crippen LogP contribution is -2.46. The average molecular weight is 212 g/mol. The van der Waals surface area contributed by atoms with Crippen LogP contribution in [0, 0.1) is 11.3 Å². The summed E-state index contributed by atoms with van der Waals surface area (Å²) in [5.41, 5.74) is 0. The zero-order valence-corrected chi connectivity index (χ0v) is 8.94. The fourth-order valence-electron chi connectivity index (χ4n) is 1.56. The molecule has 15 heavy (non-hydrogen) atoms. The summed E-state index contributed by atoms with van der Waals surface area (Å²) in [6, 6.07) is 2.10. The number of hydrogen-bond donors (Lipinski definition) is 0. The zero-order valence-electron chi connectivity index (χ0n) is 8.94. The maximum atomic E-state index is 11.2. The molecule has 1 atom stereocenters. The number of carbonyl (C=O) groups excluding carboxylic acids is 1. The van der Waals surface area contributed by atoms with Crippen molar-refractivity contribution < 1.29 is 14.3 Å². The van der Waals surface area contributed by atoms with Crippen LogP contribution in [0.4, 0.5) is 0 Å². The first-order chi connectivity index (χ1) is 7.27. The molecule has 0 spiro atoms. The molecule has 1 aliphatic heterocycles. The Morgan fingerprint density at radius 2 is 2.53 bits per heavy atom. The molecule has 1 rings (SSSR count). The number of esters is 1. The van der Waals surface area contributed by atoms with Crippen LogP contribution in [0.3, 0.4) is 0 Å². The molecule has 1 aliphatic rings. The van der Waals surface area contributed by atoms with Crippen molar-refractivity contribution in [1.29, 1.82) is 5.26 Å². The van der Waals surface area contributed by atoms with Crippen LogP contribution in [-0.4, -0.2) is 50.3 Å². The smallest absolute Gasteiger partial charge is 0.336 e. The van der Waals surface area contributed by atoms with Gasteiger partial charge in [-0.15, -0.1) is 0 Å². The highest BCUT2D eigenvalue weighted by molar-refractivity contribution is 5.74. The van der Waals surface area contributed by atoms with Crippen LogP contribution < -0.4 is 0 Å². The molecule has 0 aromatic carbocycles. The molecule has 1 heterocycles. The molecule has 0 aliphatic carbocycles. The first-order valence-electron chi connectivity index (χ1n) is 5.06. The van der Waals surface area contributed by atoms with Gasteiger partial charge in [-0.05, 0) is 13.0 Å². The Bertz CT molecular complexity index is 250. The van der Waals surface area contributed by atoms with E-state index in [9.17, 15) is 4.79 Å². The topological polar surface area (TPSA) is 62.6 Å². The summed E-state index contributed by atoms with van der Waals surface area (Å²) < 4.78 is 9.91. The Morgan fingerprint density at radius 3 is 3.20 bits per heavy atom. The lowest BCUT2D eigenvalue weighted by molar-refractivity contribution is -0.159. The van der Waals surface area contributed by atoms with E-state index in [2.05, 4.69) is 15.7 Å². The highest BCUT2D eigenvalue weighted by Crippen LogP contribution is 2.07. The van der Waals surface area contributed by atoms with Crippen molar-refractivity contribution in [1.82, 2.24) is 4.90 Å². The number of carbonyl (C=O) groups is 1. The molecule has 0 amide bonds. The van der Waals surface area contributed by atoms with E-state index in [1.165, 1.54) is 7.11 Å². The van der Waals surface area contributed by atoms with E-state index >= 15 is 0 Å². The van der Waals surface area contributed by atoms with E-state index in [-0.39, 0.29) is 5.97 Å². The van der Waals surface area contributed by atoms with Gasteiger partial charge in [-0.1, -0.05) is 0 Å². The number of unbranched alkanes of at least 4 members (excludes halogenated alkanes) is 1. The second kappa shape index (κ2) is 6.38. The van der Waals surface area contributed by atoms with Gasteiger partial charge in [0.25, 0.3) is 0 Å². The highest BCUT2D eigenvalue weighted by atomic mass is 16.6. The first kappa shape index (κ1) is 12.0. The molecular formula is C10H16N2O3. The van der Waals surface area contributed by atoms with Crippen molar-refractivity contribution in [3.05, 3.63) is 0 Å². The molecule has 84 valence electrons. The lowest BCUT2D eigenvalue weighted by atomic mass is 10.2. The van der Waals surface area contributed by atoms with E-state index < -0.39 is 6.10 Å². The Morgan fingerprint density at radius 1 is 1.73 bits per heavy atom. The number of nitriles is 1. The van der Waals surface area contributed by atoms with Crippen LogP contribution in [0.5, 0.6) is 0 Å². The fraction of sp³-hybridized carbons (Fsp3) is 0.800. The molecule has 1 unspecified atom stereocenters. The summed E-state index contributed by atoms with van der Waals surface area (Å²) in [4.78, 5) is 13.3. The van der Waals surface area contributed by atoms with Crippen LogP contribution >= 0.6 is 0 Å². The molecular weight excluding hydrogens is 196 g/mol. The Balaban J connectivity index is 2.29. The summed E-state index contributed by atoms with van der Waals surface area (Å²) in [7, 11) is 1.36. The van der Waals surface area contributed by atoms with E-state index in [0.29, 0.717) is 19.6 Å². The molecule has 0 saturated carbocycles. The molecule has 5 heteroatoms. The Labute approximate surface area is 89.6 Å². The molecule has 0 aromatic heterocycles. The molecule has 0 N–H and O–H groups in total. The van der Waals surface area contributed by atoms with Crippen LogP contribution in [0.2, 0.25) is 0 Å². The molecule has 1 saturated heterocycles. The summed E-state index contributed by atoms with van der Waals surface area (Å²) in [5, 5.41) is 8.41. The minimum Gasteiger partial charge on any atom is -0.467 e. The maximum absolute atomic E-state index is 11.2. The van der Waals surface area contributed by atoms with Gasteiger partial charge in [-0.3, -0.25) is 4.90 Å². The minimum atomic E-state index is -0.467. The molecule has 0 bridgehead atoms. The SMILES string of the molecule is COC(=O)C1CN(CCCC#N)CCO1. The van der Waals surface area contributed by atoms with Gasteiger partial charge in [0.05, 0.1) is 19.8 Å². The monoisotopic (exact) mass is 212 g/mol. The van der Waals surface area contributed by atoms with Gasteiger partial charge in [-0.25, -0.2) is 4.79 Å². The van der Waals surface area contributed by atoms with Crippen LogP contribution in [0.25, 0.3) is 0 Å². The van der Waals surface area contributed by atoms with Gasteiger partial charge < -0.3 is 9.47 Å². The normalized spacial score (nSPS) is 22.0. The number of rotatable bonds is 4. The third-order valence-corrected chi connectivity index (χ3v) is 2.38. The number of hydrogen-bond acceptors (Lipinski definition) is 5. The van der Waals surface area contributed by atoms with Crippen LogP contribution in [0.15, 0.2) is 0 Å². The van der Waals surface area contributed by atoms with E-state index in [0.717, 1.165) is 19.5 Å². The number of morpholine rings is 1. The third kappa shape index (κ3) is 3.86. The van der Waals surface area contributed by atoms with Gasteiger partial charge in [-0.2, -0.15) is 5.26 Å². The molecule has 0 aromatic rings. The van der Waals surface area contributed by atoms with Crippen LogP contribution in [-0.2, 0) is 14.3 Å². The summed E-state index contributed by atoms with van der Waals surface area (Å²) in [6.45, 7) is 2.77. The van der Waals surface area contributed by atoms with Crippen LogP contribution in [0.1, 0.15) is 12.8 Å². The van der Waals surface area contributed by atoms with E-state index in [1.807, 2.05) is 0 Å². The summed E-state index contributed by atoms with van der Waals surface area (Å²) >= 11 is 0. The van der Waals surface area contributed by atoms with Gasteiger partial charge in [0.2, 0.25) is 0 Å². The summed E-state index contributed by atoms with van der Waals surface area (Å²) in [5.74, 6) is -0.319. The number of methoxy groups -OCH3 is 1. The second-order valence-electron chi connectivity index (χ2n) is 3.44. The van der Waals surface area contributed by atoms with Crippen molar-refractivity contribution in [3.63, 3.8) is 0 Å². The molecule has 5 nitrogen and oxygen atoms in total. The lowest BCUT2D eigenvalue weighted by Gasteiger charge is -2.31. The standard InChI is InChI=1S/C10H16N2O3/c1-14-10(13)9-8-12(6-7-15-9)5-3-2-4-11/h9H,2-3,5-8H2,1H3. The van der Waals surface area contributed by atoms with Gasteiger partial charge in [0, 0.05) is 19.5 Å². The predicted molar refractivity (Wildman–Crippen MR) is 53.0 cm³/mol. The number of ether oxygens (including phenoxy) is 2. The average Bonchev–Trinajstić information content (AvgIpc) is 2.29. The van der Waals surface area contributed by atoms with Gasteiger partial charge in [0.15, 0.2) is 6.10 Å². The quantitative estimate of drug-likeness (QED) is 0.491. The second-order valence-corrected chi connectivity index (χ2v) is 3.44. The number of nitrogens with zero attached hydrogens (tertiary/aromatic N) is 2. The minimum absolute atomic E-state index is 0.319. The molecule has 0 radical (unpaired) electrons. The largest absolute Gasteiger partial charge is 0.467 e. The Hall–Kier alpha value is -1.12. The van der Waals surface area contributed by atoms with Crippen molar-refractivity contribution in [2.45, 2.75) is 18.9 Å². The van der Waals surface area contributed by atoms with Gasteiger partial charge >= 0.3 is 5.97 Å². The Kier molecular flexibility index (Phi) is 5.08. The predicted octanol–water partition coefficient (Wildman–Crippen LogP) is 0.164. The van der Waals surface area contributed by atoms with Gasteiger partial charge in [0.1, 0.15) is 0 Å². The first-order valence-corrected chi connectivity index (χ1v) is 5.06. The van der Waals surface area contributed by atoms with Crippen molar-refractivity contribution in [3.8, 4) is 6.07 Å². The van der Waals surface area contributed by atoms with E-state index in [4.69, 9.17) is 10.00 Å². The van der Waals surface area contributed by atoms with Crippen molar-refractivity contribution >= 4 is 5.97 Å². The van der Waals surface area contributed by atoms with Crippen molar-refractivity contribution in [2.24, 2.45) is 0 Å². The maximum Gasteiger partial charge on any atom is 0.336 e. The highest BCUT2D eigenvalue weighted by Gasteiger charge is 2.26. The third-order valence-electron chi connectivity index (χ3n) is 2.38.